The molecule has 0 spiro atoms. The average Bonchev–Trinajstić information content (AvgIpc) is 3.24. The van der Waals surface area contributed by atoms with Gasteiger partial charge in [-0.25, -0.2) is 0 Å². The summed E-state index contributed by atoms with van der Waals surface area (Å²) in [6.07, 6.45) is 6.19. The van der Waals surface area contributed by atoms with Gasteiger partial charge in [0.1, 0.15) is 0 Å². The van der Waals surface area contributed by atoms with Gasteiger partial charge in [0.05, 0.1) is 16.9 Å². The molecule has 3 nitrogen and oxygen atoms in total. The fourth-order valence-electron chi connectivity index (χ4n) is 3.83. The maximum absolute atomic E-state index is 4.79. The molecule has 5 aromatic rings. The number of pyridine rings is 1. The number of rotatable bonds is 2. The van der Waals surface area contributed by atoms with E-state index in [-0.39, 0.29) is 20.1 Å². The minimum Gasteiger partial charge on any atom is -0.360 e. The quantitative estimate of drug-likeness (QED) is 0.223. The van der Waals surface area contributed by atoms with E-state index in [9.17, 15) is 0 Å². The Balaban J connectivity index is 0.000000164. The zero-order chi connectivity index (χ0) is 21.0. The number of hydrogen-bond donors (Lipinski definition) is 0. The van der Waals surface area contributed by atoms with Crippen LogP contribution in [0.25, 0.3) is 39.8 Å². The Morgan fingerprint density at radius 1 is 0.844 bits per heavy atom. The molecule has 0 bridgehead atoms. The maximum Gasteiger partial charge on any atom is 0.0777 e. The number of allylic oxidation sites excluding steroid dienone is 1. The Bertz CT molecular complexity index is 1300. The number of nitrogens with zero attached hydrogens (tertiary/aromatic N) is 3. The molecule has 3 heterocycles. The van der Waals surface area contributed by atoms with Gasteiger partial charge in [-0.05, 0) is 30.3 Å². The fourth-order valence-corrected chi connectivity index (χ4v) is 3.83. The van der Waals surface area contributed by atoms with Gasteiger partial charge in [0.2, 0.25) is 0 Å². The largest absolute Gasteiger partial charge is 0.360 e. The molecule has 32 heavy (non-hydrogen) atoms. The number of benzene rings is 3. The first-order chi connectivity index (χ1) is 15.3. The second-order valence-corrected chi connectivity index (χ2v) is 7.38. The van der Waals surface area contributed by atoms with Gasteiger partial charge in [-0.1, -0.05) is 30.4 Å². The van der Waals surface area contributed by atoms with Gasteiger partial charge >= 0.3 is 0 Å². The van der Waals surface area contributed by atoms with E-state index >= 15 is 0 Å². The molecule has 0 unspecified atom stereocenters. The van der Waals surface area contributed by atoms with Gasteiger partial charge in [0.15, 0.2) is 0 Å². The minimum absolute atomic E-state index is 0. The predicted molar refractivity (Wildman–Crippen MR) is 126 cm³/mol. The summed E-state index contributed by atoms with van der Waals surface area (Å²) in [6, 6.07) is 32.4. The molecule has 2 aromatic heterocycles. The molecule has 159 valence electrons. The third-order valence-corrected chi connectivity index (χ3v) is 5.34. The molecule has 0 aliphatic carbocycles. The monoisotopic (exact) mass is 592 g/mol. The van der Waals surface area contributed by atoms with Crippen molar-refractivity contribution in [1.29, 1.82) is 0 Å². The van der Waals surface area contributed by atoms with Crippen LogP contribution in [0.2, 0.25) is 0 Å². The van der Waals surface area contributed by atoms with Crippen LogP contribution in [-0.2, 0) is 26.7 Å². The minimum atomic E-state index is 0. The number of imidazole rings is 1. The molecule has 1 aliphatic heterocycles. The van der Waals surface area contributed by atoms with Crippen LogP contribution in [0.5, 0.6) is 0 Å². The fraction of sp³-hybridized carbons (Fsp3) is 0.0714. The summed E-state index contributed by atoms with van der Waals surface area (Å²) in [5, 5.41) is 0. The van der Waals surface area contributed by atoms with Crippen molar-refractivity contribution in [3.05, 3.63) is 114 Å². The molecule has 6 rings (SSSR count). The zero-order valence-corrected chi connectivity index (χ0v) is 20.0. The van der Waals surface area contributed by atoms with Crippen molar-refractivity contribution in [2.75, 3.05) is 0 Å². The van der Waals surface area contributed by atoms with E-state index in [0.29, 0.717) is 0 Å². The molecule has 0 atom stereocenters. The van der Waals surface area contributed by atoms with Crippen LogP contribution in [0.15, 0.2) is 91.1 Å². The van der Waals surface area contributed by atoms with E-state index in [1.165, 1.54) is 16.6 Å². The number of aryl methyl sites for hydroxylation is 1. The van der Waals surface area contributed by atoms with Gasteiger partial charge in [-0.2, -0.15) is 0 Å². The third-order valence-electron chi connectivity index (χ3n) is 5.34. The molecule has 1 radical (unpaired) electrons. The summed E-state index contributed by atoms with van der Waals surface area (Å²) < 4.78 is 2.28. The molecule has 0 saturated carbocycles. The molecule has 4 heteroatoms. The second kappa shape index (κ2) is 9.86. The summed E-state index contributed by atoms with van der Waals surface area (Å²) >= 11 is 0. The molecule has 0 saturated heterocycles. The normalized spacial score (nSPS) is 11.4. The van der Waals surface area contributed by atoms with Crippen molar-refractivity contribution < 1.29 is 20.1 Å². The predicted octanol–water partition coefficient (Wildman–Crippen LogP) is 6.39. The molecule has 0 fully saturated rings. The van der Waals surface area contributed by atoms with E-state index < -0.39 is 0 Å². The van der Waals surface area contributed by atoms with Crippen molar-refractivity contribution in [2.24, 2.45) is 0 Å². The summed E-state index contributed by atoms with van der Waals surface area (Å²) in [6.45, 7) is 3.03. The average molecular weight is 592 g/mol. The van der Waals surface area contributed by atoms with E-state index in [0.717, 1.165) is 34.7 Å². The van der Waals surface area contributed by atoms with E-state index in [1.807, 2.05) is 60.7 Å². The Kier molecular flexibility index (Phi) is 6.75. The number of aromatic nitrogens is 3. The maximum atomic E-state index is 4.79. The summed E-state index contributed by atoms with van der Waals surface area (Å²) in [4.78, 5) is 9.01. The summed E-state index contributed by atoms with van der Waals surface area (Å²) in [5.41, 5.74) is 7.97. The van der Waals surface area contributed by atoms with Gasteiger partial charge < -0.3 is 9.55 Å². The van der Waals surface area contributed by atoms with Crippen molar-refractivity contribution in [3.63, 3.8) is 0 Å². The SMILES string of the molecule is Cc1ccc2nc(-c3[c-]cccc3)n3c2c1C=CC3.[Ir].[c-]1ccccc1-c1ccccn1. The third kappa shape index (κ3) is 4.33. The number of hydrogen-bond acceptors (Lipinski definition) is 2. The Hall–Kier alpha value is -3.33. The Morgan fingerprint density at radius 3 is 2.28 bits per heavy atom. The van der Waals surface area contributed by atoms with Crippen LogP contribution in [0.1, 0.15) is 11.1 Å². The van der Waals surface area contributed by atoms with Gasteiger partial charge in [-0.15, -0.1) is 71.8 Å². The van der Waals surface area contributed by atoms with Crippen molar-refractivity contribution in [2.45, 2.75) is 13.5 Å². The first kappa shape index (κ1) is 21.9. The zero-order valence-electron chi connectivity index (χ0n) is 17.6. The molecular formula is C28H21IrN3-2. The van der Waals surface area contributed by atoms with Crippen LogP contribution >= 0.6 is 0 Å². The van der Waals surface area contributed by atoms with E-state index in [4.69, 9.17) is 4.98 Å². The van der Waals surface area contributed by atoms with Gasteiger partial charge in [-0.3, -0.25) is 4.98 Å². The van der Waals surface area contributed by atoms with Crippen molar-refractivity contribution in [3.8, 4) is 22.6 Å². The van der Waals surface area contributed by atoms with Crippen molar-refractivity contribution in [1.82, 2.24) is 14.5 Å². The van der Waals surface area contributed by atoms with Crippen LogP contribution in [-0.4, -0.2) is 14.5 Å². The Labute approximate surface area is 201 Å². The topological polar surface area (TPSA) is 30.7 Å². The van der Waals surface area contributed by atoms with Crippen LogP contribution in [0, 0.1) is 19.1 Å². The summed E-state index contributed by atoms with van der Waals surface area (Å²) in [5.74, 6) is 1.01. The first-order valence-corrected chi connectivity index (χ1v) is 10.3. The second-order valence-electron chi connectivity index (χ2n) is 7.38. The molecular weight excluding hydrogens is 571 g/mol. The Morgan fingerprint density at radius 2 is 1.59 bits per heavy atom. The molecule has 1 aliphatic rings. The van der Waals surface area contributed by atoms with Gasteiger partial charge in [0, 0.05) is 38.4 Å². The molecule has 0 amide bonds. The van der Waals surface area contributed by atoms with Crippen molar-refractivity contribution >= 4 is 17.1 Å². The van der Waals surface area contributed by atoms with E-state index in [1.54, 1.807) is 6.20 Å². The van der Waals surface area contributed by atoms with Crippen LogP contribution < -0.4 is 0 Å². The van der Waals surface area contributed by atoms with E-state index in [2.05, 4.69) is 59.0 Å². The standard InChI is InChI=1S/C17H13N2.C11H8N.Ir/c1-12-9-10-15-16-14(12)8-5-11-19(16)17(18-15)13-6-3-2-4-7-13;1-2-6-10(7-3-1)11-8-4-5-9-12-11;/h2-6,8-10H,11H2,1H3;1-6,8-9H;/q2*-1;. The van der Waals surface area contributed by atoms with Crippen LogP contribution in [0.4, 0.5) is 0 Å². The molecule has 3 aromatic carbocycles. The van der Waals surface area contributed by atoms with Gasteiger partial charge in [0.25, 0.3) is 0 Å². The first-order valence-electron chi connectivity index (χ1n) is 10.3. The smallest absolute Gasteiger partial charge is 0.0777 e. The van der Waals surface area contributed by atoms with Crippen LogP contribution in [0.3, 0.4) is 0 Å². The summed E-state index contributed by atoms with van der Waals surface area (Å²) in [7, 11) is 0. The molecule has 0 N–H and O–H groups in total.